The van der Waals surface area contributed by atoms with Gasteiger partial charge in [-0.15, -0.1) is 11.3 Å². The van der Waals surface area contributed by atoms with Crippen LogP contribution in [0.25, 0.3) is 0 Å². The molecule has 0 bridgehead atoms. The SMILES string of the molecule is CCN(CCC(=O)OC)C(=O)c1cc(Br)c(Br)s1. The monoisotopic (exact) mass is 397 g/mol. The van der Waals surface area contributed by atoms with Gasteiger partial charge in [0.2, 0.25) is 0 Å². The molecular weight excluding hydrogens is 386 g/mol. The van der Waals surface area contributed by atoms with Crippen LogP contribution in [-0.4, -0.2) is 37.0 Å². The van der Waals surface area contributed by atoms with Crippen LogP contribution in [-0.2, 0) is 9.53 Å². The Labute approximate surface area is 127 Å². The first-order valence-corrected chi connectivity index (χ1v) is 7.70. The van der Waals surface area contributed by atoms with Gasteiger partial charge in [0.1, 0.15) is 0 Å². The highest BCUT2D eigenvalue weighted by molar-refractivity contribution is 9.13. The van der Waals surface area contributed by atoms with Gasteiger partial charge >= 0.3 is 5.97 Å². The molecule has 18 heavy (non-hydrogen) atoms. The van der Waals surface area contributed by atoms with E-state index in [0.717, 1.165) is 8.26 Å². The number of esters is 1. The average Bonchev–Trinajstić information content (AvgIpc) is 2.69. The maximum absolute atomic E-state index is 12.2. The number of amides is 1. The third kappa shape index (κ3) is 4.07. The number of halogens is 2. The Bertz CT molecular complexity index is 428. The van der Waals surface area contributed by atoms with E-state index >= 15 is 0 Å². The quantitative estimate of drug-likeness (QED) is 0.715. The molecule has 4 nitrogen and oxygen atoms in total. The molecule has 100 valence electrons. The number of nitrogens with zero attached hydrogens (tertiary/aromatic N) is 1. The van der Waals surface area contributed by atoms with Gasteiger partial charge in [0.25, 0.3) is 5.91 Å². The van der Waals surface area contributed by atoms with Gasteiger partial charge < -0.3 is 9.64 Å². The fourth-order valence-electron chi connectivity index (χ4n) is 1.34. The summed E-state index contributed by atoms with van der Waals surface area (Å²) in [4.78, 5) is 25.5. The molecule has 0 unspecified atom stereocenters. The molecule has 0 aliphatic carbocycles. The lowest BCUT2D eigenvalue weighted by atomic mass is 10.3. The topological polar surface area (TPSA) is 46.6 Å². The van der Waals surface area contributed by atoms with Crippen LogP contribution in [0.3, 0.4) is 0 Å². The highest BCUT2D eigenvalue weighted by Crippen LogP contribution is 2.32. The third-order valence-corrected chi connectivity index (χ3v) is 5.58. The van der Waals surface area contributed by atoms with Gasteiger partial charge in [-0.25, -0.2) is 0 Å². The van der Waals surface area contributed by atoms with E-state index in [1.807, 2.05) is 6.92 Å². The summed E-state index contributed by atoms with van der Waals surface area (Å²) in [5.74, 6) is -0.382. The number of hydrogen-bond acceptors (Lipinski definition) is 4. The number of methoxy groups -OCH3 is 1. The number of carbonyl (C=O) groups is 2. The zero-order chi connectivity index (χ0) is 13.7. The number of carbonyl (C=O) groups excluding carboxylic acids is 2. The van der Waals surface area contributed by atoms with E-state index in [-0.39, 0.29) is 18.3 Å². The normalized spacial score (nSPS) is 10.2. The fourth-order valence-corrected chi connectivity index (χ4v) is 3.34. The molecule has 0 aliphatic heterocycles. The predicted octanol–water partition coefficient (Wildman–Crippen LogP) is 3.30. The van der Waals surface area contributed by atoms with Gasteiger partial charge in [0, 0.05) is 17.6 Å². The summed E-state index contributed by atoms with van der Waals surface area (Å²) >= 11 is 8.07. The van der Waals surface area contributed by atoms with E-state index in [0.29, 0.717) is 18.0 Å². The van der Waals surface area contributed by atoms with Crippen molar-refractivity contribution in [3.8, 4) is 0 Å². The molecule has 0 N–H and O–H groups in total. The van der Waals surface area contributed by atoms with Crippen LogP contribution in [0.15, 0.2) is 14.3 Å². The Morgan fingerprint density at radius 1 is 1.44 bits per heavy atom. The van der Waals surface area contributed by atoms with Crippen molar-refractivity contribution in [2.75, 3.05) is 20.2 Å². The van der Waals surface area contributed by atoms with Crippen molar-refractivity contribution in [3.05, 3.63) is 19.2 Å². The summed E-state index contributed by atoms with van der Waals surface area (Å²) in [7, 11) is 1.34. The molecule has 0 spiro atoms. The standard InChI is InChI=1S/C11H13Br2NO3S/c1-3-14(5-4-9(15)17-2)11(16)8-6-7(12)10(13)18-8/h6H,3-5H2,1-2H3. The minimum Gasteiger partial charge on any atom is -0.469 e. The van der Waals surface area contributed by atoms with Crippen molar-refractivity contribution >= 4 is 55.1 Å². The smallest absolute Gasteiger partial charge is 0.307 e. The molecule has 0 fully saturated rings. The number of hydrogen-bond donors (Lipinski definition) is 0. The summed E-state index contributed by atoms with van der Waals surface area (Å²) in [5, 5.41) is 0. The highest BCUT2D eigenvalue weighted by atomic mass is 79.9. The molecule has 1 amide bonds. The summed E-state index contributed by atoms with van der Waals surface area (Å²) < 4.78 is 6.31. The molecular formula is C11H13Br2NO3S. The van der Waals surface area contributed by atoms with E-state index in [9.17, 15) is 9.59 Å². The Morgan fingerprint density at radius 3 is 2.56 bits per heavy atom. The summed E-state index contributed by atoms with van der Waals surface area (Å²) in [6, 6.07) is 1.78. The Kier molecular flexibility index (Phi) is 6.31. The van der Waals surface area contributed by atoms with Crippen LogP contribution in [0.2, 0.25) is 0 Å². The Balaban J connectivity index is 2.70. The molecule has 1 aromatic rings. The summed E-state index contributed by atoms with van der Waals surface area (Å²) in [6.45, 7) is 2.81. The Hall–Kier alpha value is -0.400. The molecule has 0 saturated heterocycles. The number of ether oxygens (including phenoxy) is 1. The van der Waals surface area contributed by atoms with Crippen molar-refractivity contribution in [2.45, 2.75) is 13.3 Å². The molecule has 1 rings (SSSR count). The van der Waals surface area contributed by atoms with E-state index in [2.05, 4.69) is 36.6 Å². The molecule has 0 radical (unpaired) electrons. The third-order valence-electron chi connectivity index (χ3n) is 2.34. The maximum Gasteiger partial charge on any atom is 0.307 e. The highest BCUT2D eigenvalue weighted by Gasteiger charge is 2.18. The van der Waals surface area contributed by atoms with Gasteiger partial charge in [-0.05, 0) is 44.8 Å². The second-order valence-electron chi connectivity index (χ2n) is 3.44. The molecule has 0 aliphatic rings. The van der Waals surface area contributed by atoms with Crippen molar-refractivity contribution < 1.29 is 14.3 Å². The van der Waals surface area contributed by atoms with Crippen molar-refractivity contribution in [3.63, 3.8) is 0 Å². The fraction of sp³-hybridized carbons (Fsp3) is 0.455. The summed E-state index contributed by atoms with van der Waals surface area (Å²) in [5.41, 5.74) is 0. The number of thiophene rings is 1. The lowest BCUT2D eigenvalue weighted by Crippen LogP contribution is -2.32. The Morgan fingerprint density at radius 2 is 2.11 bits per heavy atom. The first-order chi connectivity index (χ1) is 8.49. The van der Waals surface area contributed by atoms with Gasteiger partial charge in [-0.3, -0.25) is 9.59 Å². The zero-order valence-corrected chi connectivity index (χ0v) is 14.0. The molecule has 0 saturated carbocycles. The van der Waals surface area contributed by atoms with E-state index < -0.39 is 0 Å². The minimum atomic E-state index is -0.310. The second-order valence-corrected chi connectivity index (χ2v) is 6.67. The van der Waals surface area contributed by atoms with Gasteiger partial charge in [-0.2, -0.15) is 0 Å². The predicted molar refractivity (Wildman–Crippen MR) is 77.9 cm³/mol. The van der Waals surface area contributed by atoms with E-state index in [1.165, 1.54) is 18.4 Å². The molecule has 7 heteroatoms. The lowest BCUT2D eigenvalue weighted by molar-refractivity contribution is -0.140. The van der Waals surface area contributed by atoms with Crippen LogP contribution < -0.4 is 0 Å². The zero-order valence-electron chi connectivity index (χ0n) is 10.0. The molecule has 0 aromatic carbocycles. The first-order valence-electron chi connectivity index (χ1n) is 5.30. The van der Waals surface area contributed by atoms with E-state index in [4.69, 9.17) is 0 Å². The minimum absolute atomic E-state index is 0.0715. The van der Waals surface area contributed by atoms with Gasteiger partial charge in [0.15, 0.2) is 0 Å². The molecule has 1 aromatic heterocycles. The summed E-state index contributed by atoms with van der Waals surface area (Å²) in [6.07, 6.45) is 0.212. The average molecular weight is 399 g/mol. The van der Waals surface area contributed by atoms with Crippen molar-refractivity contribution in [1.82, 2.24) is 4.90 Å². The van der Waals surface area contributed by atoms with Crippen LogP contribution in [0.5, 0.6) is 0 Å². The van der Waals surface area contributed by atoms with Gasteiger partial charge in [-0.1, -0.05) is 0 Å². The van der Waals surface area contributed by atoms with Crippen LogP contribution in [0.1, 0.15) is 23.0 Å². The number of rotatable bonds is 5. The van der Waals surface area contributed by atoms with Crippen LogP contribution in [0, 0.1) is 0 Å². The molecule has 0 atom stereocenters. The lowest BCUT2D eigenvalue weighted by Gasteiger charge is -2.19. The van der Waals surface area contributed by atoms with Crippen LogP contribution >= 0.6 is 43.2 Å². The largest absolute Gasteiger partial charge is 0.469 e. The van der Waals surface area contributed by atoms with Gasteiger partial charge in [0.05, 0.1) is 22.2 Å². The van der Waals surface area contributed by atoms with E-state index in [1.54, 1.807) is 11.0 Å². The first kappa shape index (κ1) is 15.7. The second kappa shape index (κ2) is 7.25. The van der Waals surface area contributed by atoms with Crippen molar-refractivity contribution in [2.24, 2.45) is 0 Å². The van der Waals surface area contributed by atoms with Crippen LogP contribution in [0.4, 0.5) is 0 Å². The maximum atomic E-state index is 12.2. The van der Waals surface area contributed by atoms with Crippen molar-refractivity contribution in [1.29, 1.82) is 0 Å². The molecule has 1 heterocycles.